The van der Waals surface area contributed by atoms with Gasteiger partial charge in [-0.15, -0.1) is 11.3 Å². The van der Waals surface area contributed by atoms with Gasteiger partial charge in [0.05, 0.1) is 29.5 Å². The van der Waals surface area contributed by atoms with Crippen LogP contribution in [0.1, 0.15) is 15.9 Å². The maximum absolute atomic E-state index is 12.4. The Kier molecular flexibility index (Phi) is 7.34. The van der Waals surface area contributed by atoms with Crippen molar-refractivity contribution < 1.29 is 19.2 Å². The number of nitro groups is 1. The number of aromatic nitrogens is 1. The van der Waals surface area contributed by atoms with Gasteiger partial charge in [-0.2, -0.15) is 5.10 Å². The van der Waals surface area contributed by atoms with Crippen LogP contribution >= 0.6 is 22.9 Å². The minimum Gasteiger partial charge on any atom is -0.493 e. The minimum atomic E-state index is -0.536. The number of esters is 1. The van der Waals surface area contributed by atoms with Crippen molar-refractivity contribution in [3.8, 4) is 22.8 Å². The third-order valence-electron chi connectivity index (χ3n) is 4.70. The number of nitrogens with zero attached hydrogens (tertiary/aromatic N) is 3. The van der Waals surface area contributed by atoms with Crippen LogP contribution in [0.25, 0.3) is 11.3 Å². The van der Waals surface area contributed by atoms with Gasteiger partial charge in [-0.25, -0.2) is 9.78 Å². The summed E-state index contributed by atoms with van der Waals surface area (Å²) < 4.78 is 10.8. The molecule has 1 N–H and O–H groups in total. The number of thiazole rings is 1. The van der Waals surface area contributed by atoms with E-state index < -0.39 is 10.9 Å². The van der Waals surface area contributed by atoms with Gasteiger partial charge in [0.15, 0.2) is 11.5 Å². The number of halogens is 1. The minimum absolute atomic E-state index is 0.000676. The Morgan fingerprint density at radius 1 is 1.14 bits per heavy atom. The van der Waals surface area contributed by atoms with Gasteiger partial charge in [-0.3, -0.25) is 15.5 Å². The standard InChI is InChI=1S/C24H17ClN4O5S/c1-33-22-11-15(5-10-21(22)34-23(30)16-6-8-18(25)9-7-16)13-26-28-24-27-20(14-35-24)17-3-2-4-19(12-17)29(31)32/h2-14H,1H3,(H,27,28)/b26-13-. The highest BCUT2D eigenvalue weighted by molar-refractivity contribution is 7.14. The quantitative estimate of drug-likeness (QED) is 0.101. The molecule has 0 saturated carbocycles. The lowest BCUT2D eigenvalue weighted by Crippen LogP contribution is -2.09. The van der Waals surface area contributed by atoms with Crippen molar-refractivity contribution in [1.29, 1.82) is 0 Å². The molecule has 0 radical (unpaired) electrons. The Morgan fingerprint density at radius 3 is 2.69 bits per heavy atom. The molecule has 0 spiro atoms. The molecule has 0 fully saturated rings. The van der Waals surface area contributed by atoms with Gasteiger partial charge in [0.1, 0.15) is 0 Å². The van der Waals surface area contributed by atoms with Crippen molar-refractivity contribution >= 4 is 45.9 Å². The fourth-order valence-electron chi connectivity index (χ4n) is 2.99. The molecule has 4 aromatic rings. The molecule has 0 aliphatic rings. The molecule has 4 rings (SSSR count). The lowest BCUT2D eigenvalue weighted by atomic mass is 10.1. The normalized spacial score (nSPS) is 10.8. The van der Waals surface area contributed by atoms with E-state index >= 15 is 0 Å². The highest BCUT2D eigenvalue weighted by Gasteiger charge is 2.13. The first-order valence-corrected chi connectivity index (χ1v) is 11.3. The van der Waals surface area contributed by atoms with E-state index in [-0.39, 0.29) is 11.4 Å². The molecule has 0 aliphatic carbocycles. The van der Waals surface area contributed by atoms with E-state index in [2.05, 4.69) is 15.5 Å². The van der Waals surface area contributed by atoms with Crippen LogP contribution in [0.15, 0.2) is 77.2 Å². The third kappa shape index (κ3) is 5.99. The molecule has 0 bridgehead atoms. The highest BCUT2D eigenvalue weighted by atomic mass is 35.5. The number of nitro benzene ring substituents is 1. The van der Waals surface area contributed by atoms with Gasteiger partial charge in [-0.05, 0) is 48.0 Å². The molecular weight excluding hydrogens is 492 g/mol. The summed E-state index contributed by atoms with van der Waals surface area (Å²) in [6.07, 6.45) is 1.56. The smallest absolute Gasteiger partial charge is 0.343 e. The average Bonchev–Trinajstić information content (AvgIpc) is 3.34. The van der Waals surface area contributed by atoms with E-state index in [1.807, 2.05) is 0 Å². The van der Waals surface area contributed by atoms with Gasteiger partial charge < -0.3 is 9.47 Å². The summed E-state index contributed by atoms with van der Waals surface area (Å²) in [6, 6.07) is 17.6. The van der Waals surface area contributed by atoms with Gasteiger partial charge in [0.25, 0.3) is 5.69 Å². The zero-order chi connectivity index (χ0) is 24.8. The first-order valence-electron chi connectivity index (χ1n) is 10.1. The Bertz CT molecular complexity index is 1410. The predicted octanol–water partition coefficient (Wildman–Crippen LogP) is 6.05. The van der Waals surface area contributed by atoms with Crippen LogP contribution in [0.3, 0.4) is 0 Å². The topological polar surface area (TPSA) is 116 Å². The molecule has 0 atom stereocenters. The number of hydrazone groups is 1. The van der Waals surface area contributed by atoms with Gasteiger partial charge in [0.2, 0.25) is 5.13 Å². The molecule has 35 heavy (non-hydrogen) atoms. The largest absolute Gasteiger partial charge is 0.493 e. The van der Waals surface area contributed by atoms with E-state index in [4.69, 9.17) is 21.1 Å². The molecule has 11 heteroatoms. The van der Waals surface area contributed by atoms with Crippen molar-refractivity contribution in [2.75, 3.05) is 12.5 Å². The zero-order valence-corrected chi connectivity index (χ0v) is 19.7. The van der Waals surface area contributed by atoms with Gasteiger partial charge in [0, 0.05) is 28.1 Å². The van der Waals surface area contributed by atoms with Crippen molar-refractivity contribution in [2.24, 2.45) is 5.10 Å². The van der Waals surface area contributed by atoms with Crippen molar-refractivity contribution in [3.63, 3.8) is 0 Å². The first-order chi connectivity index (χ1) is 16.9. The number of hydrogen-bond acceptors (Lipinski definition) is 9. The summed E-state index contributed by atoms with van der Waals surface area (Å²) in [5.41, 5.74) is 5.13. The fraction of sp³-hybridized carbons (Fsp3) is 0.0417. The van der Waals surface area contributed by atoms with Gasteiger partial charge >= 0.3 is 5.97 Å². The number of hydrogen-bond donors (Lipinski definition) is 1. The van der Waals surface area contributed by atoms with Crippen molar-refractivity contribution in [2.45, 2.75) is 0 Å². The Balaban J connectivity index is 1.41. The summed E-state index contributed by atoms with van der Waals surface area (Å²) >= 11 is 7.17. The summed E-state index contributed by atoms with van der Waals surface area (Å²) in [5.74, 6) is 0.0870. The first kappa shape index (κ1) is 23.9. The summed E-state index contributed by atoms with van der Waals surface area (Å²) in [6.45, 7) is 0. The summed E-state index contributed by atoms with van der Waals surface area (Å²) in [4.78, 5) is 27.3. The molecule has 0 unspecified atom stereocenters. The number of carbonyl (C=O) groups is 1. The second kappa shape index (κ2) is 10.8. The van der Waals surface area contributed by atoms with Crippen LogP contribution < -0.4 is 14.9 Å². The fourth-order valence-corrected chi connectivity index (χ4v) is 3.79. The number of ether oxygens (including phenoxy) is 2. The summed E-state index contributed by atoms with van der Waals surface area (Å²) in [7, 11) is 1.47. The molecule has 176 valence electrons. The second-order valence-electron chi connectivity index (χ2n) is 7.02. The molecule has 9 nitrogen and oxygen atoms in total. The van der Waals surface area contributed by atoms with Crippen LogP contribution in [-0.4, -0.2) is 29.2 Å². The number of benzene rings is 3. The highest BCUT2D eigenvalue weighted by Crippen LogP contribution is 2.29. The van der Waals surface area contributed by atoms with Crippen LogP contribution in [-0.2, 0) is 0 Å². The molecule has 0 aliphatic heterocycles. The van der Waals surface area contributed by atoms with Crippen LogP contribution in [0.2, 0.25) is 5.02 Å². The van der Waals surface area contributed by atoms with Crippen molar-refractivity contribution in [3.05, 3.63) is 98.4 Å². The number of nitrogens with one attached hydrogen (secondary N) is 1. The average molecular weight is 509 g/mol. The molecule has 3 aromatic carbocycles. The van der Waals surface area contributed by atoms with E-state index in [0.29, 0.717) is 38.3 Å². The SMILES string of the molecule is COc1cc(/C=N\Nc2nc(-c3cccc([N+](=O)[O-])c3)cs2)ccc1OC(=O)c1ccc(Cl)cc1. The van der Waals surface area contributed by atoms with Crippen LogP contribution in [0.5, 0.6) is 11.5 Å². The molecule has 1 aromatic heterocycles. The lowest BCUT2D eigenvalue weighted by Gasteiger charge is -2.10. The predicted molar refractivity (Wildman–Crippen MR) is 135 cm³/mol. The number of carbonyl (C=O) groups excluding carboxylic acids is 1. The number of anilines is 1. The molecular formula is C24H17ClN4O5S. The maximum atomic E-state index is 12.4. The van der Waals surface area contributed by atoms with E-state index in [9.17, 15) is 14.9 Å². The maximum Gasteiger partial charge on any atom is 0.343 e. The Morgan fingerprint density at radius 2 is 1.94 bits per heavy atom. The van der Waals surface area contributed by atoms with Crippen LogP contribution in [0.4, 0.5) is 10.8 Å². The van der Waals surface area contributed by atoms with E-state index in [1.54, 1.807) is 66.2 Å². The monoisotopic (exact) mass is 508 g/mol. The number of rotatable bonds is 8. The van der Waals surface area contributed by atoms with Gasteiger partial charge in [-0.1, -0.05) is 23.7 Å². The summed E-state index contributed by atoms with van der Waals surface area (Å²) in [5, 5.41) is 18.0. The third-order valence-corrected chi connectivity index (χ3v) is 5.70. The van der Waals surface area contributed by atoms with Crippen molar-refractivity contribution in [1.82, 2.24) is 4.98 Å². The Hall–Kier alpha value is -4.28. The molecule has 0 amide bonds. The molecule has 1 heterocycles. The lowest BCUT2D eigenvalue weighted by molar-refractivity contribution is -0.384. The number of methoxy groups -OCH3 is 1. The van der Waals surface area contributed by atoms with E-state index in [0.717, 1.165) is 0 Å². The molecule has 0 saturated heterocycles. The van der Waals surface area contributed by atoms with Crippen LogP contribution in [0, 0.1) is 10.1 Å². The Labute approximate surface area is 208 Å². The number of non-ortho nitro benzene ring substituents is 1. The van der Waals surface area contributed by atoms with E-state index in [1.165, 1.54) is 30.6 Å². The second-order valence-corrected chi connectivity index (χ2v) is 8.32. The zero-order valence-electron chi connectivity index (χ0n) is 18.2.